The molecule has 0 N–H and O–H groups in total. The van der Waals surface area contributed by atoms with E-state index in [4.69, 9.17) is 48.9 Å². The maximum Gasteiger partial charge on any atom is 0.297 e. The minimum Gasteiger partial charge on any atom is -0.496 e. The molecule has 5 rings (SSSR count). The molecule has 0 aliphatic rings. The summed E-state index contributed by atoms with van der Waals surface area (Å²) in [7, 11) is 4.34. The van der Waals surface area contributed by atoms with Crippen molar-refractivity contribution in [2.24, 2.45) is 0 Å². The van der Waals surface area contributed by atoms with E-state index in [9.17, 15) is 13.2 Å². The van der Waals surface area contributed by atoms with Gasteiger partial charge in [-0.2, -0.15) is 8.42 Å². The van der Waals surface area contributed by atoms with E-state index in [-0.39, 0.29) is 61.4 Å². The zero-order valence-corrected chi connectivity index (χ0v) is 29.5. The third kappa shape index (κ3) is 7.36. The van der Waals surface area contributed by atoms with Crippen LogP contribution in [0.25, 0.3) is 33.7 Å². The lowest BCUT2D eigenvalue weighted by atomic mass is 10.1. The third-order valence-corrected chi connectivity index (χ3v) is 9.57. The molecule has 5 aromatic rings. The highest BCUT2D eigenvalue weighted by atomic mass is 35.5. The second-order valence-electron chi connectivity index (χ2n) is 9.89. The average Bonchev–Trinajstić information content (AvgIpc) is 3.59. The lowest BCUT2D eigenvalue weighted by molar-refractivity contribution is 0.309. The van der Waals surface area contributed by atoms with Gasteiger partial charge in [-0.25, -0.2) is 0 Å². The topological polar surface area (TPSA) is 168 Å². The standard InChI is InChI=1S/C32H31ClN2O12S2/c1-39-19-15-21(40-2)26-22(16-19)46-28(17-12-23(41-3)29(43-5)24(13-17)42-4)30(27(26)36)45-10-7-11-48-32-35-34-31(47-32)20-14-18(33)8-9-25(20)49(37,38)44-6/h8-9,12-16H,7,10-11H2,1-6H3. The summed E-state index contributed by atoms with van der Waals surface area (Å²) in [5.74, 6) is 2.13. The number of rotatable bonds is 15. The summed E-state index contributed by atoms with van der Waals surface area (Å²) in [5, 5.41) is 8.62. The number of methoxy groups -OCH3 is 5. The molecular formula is C32H31ClN2O12S2. The molecule has 0 saturated carbocycles. The van der Waals surface area contributed by atoms with Gasteiger partial charge in [0, 0.05) is 28.5 Å². The lowest BCUT2D eigenvalue weighted by Crippen LogP contribution is -2.12. The molecular weight excluding hydrogens is 704 g/mol. The van der Waals surface area contributed by atoms with E-state index in [1.807, 2.05) is 0 Å². The van der Waals surface area contributed by atoms with Crippen LogP contribution in [0.3, 0.4) is 0 Å². The van der Waals surface area contributed by atoms with E-state index < -0.39 is 15.5 Å². The van der Waals surface area contributed by atoms with Crippen molar-refractivity contribution < 1.29 is 49.9 Å². The quantitative estimate of drug-likeness (QED) is 0.0686. The highest BCUT2D eigenvalue weighted by Crippen LogP contribution is 2.44. The molecule has 3 aromatic carbocycles. The van der Waals surface area contributed by atoms with Crippen molar-refractivity contribution in [3.63, 3.8) is 0 Å². The van der Waals surface area contributed by atoms with Gasteiger partial charge < -0.3 is 37.3 Å². The molecule has 0 aliphatic carbocycles. The van der Waals surface area contributed by atoms with Gasteiger partial charge in [0.15, 0.2) is 17.3 Å². The zero-order valence-electron chi connectivity index (χ0n) is 27.2. The van der Waals surface area contributed by atoms with Crippen LogP contribution in [0.15, 0.2) is 66.2 Å². The average molecular weight is 735 g/mol. The lowest BCUT2D eigenvalue weighted by Gasteiger charge is -2.16. The summed E-state index contributed by atoms with van der Waals surface area (Å²) in [5.41, 5.74) is 0.268. The van der Waals surface area contributed by atoms with Crippen LogP contribution >= 0.6 is 23.4 Å². The highest BCUT2D eigenvalue weighted by molar-refractivity contribution is 7.99. The van der Waals surface area contributed by atoms with Crippen LogP contribution in [-0.4, -0.2) is 73.6 Å². The second-order valence-corrected chi connectivity index (χ2v) is 13.1. The van der Waals surface area contributed by atoms with Crippen LogP contribution in [0.1, 0.15) is 6.42 Å². The Kier molecular flexibility index (Phi) is 11.1. The molecule has 17 heteroatoms. The number of nitrogens with zero attached hydrogens (tertiary/aromatic N) is 2. The summed E-state index contributed by atoms with van der Waals surface area (Å²) >= 11 is 7.31. The summed E-state index contributed by atoms with van der Waals surface area (Å²) in [6, 6.07) is 10.6. The summed E-state index contributed by atoms with van der Waals surface area (Å²) in [6.07, 6.45) is 0.425. The minimum absolute atomic E-state index is 0.0498. The number of benzene rings is 3. The molecule has 14 nitrogen and oxygen atoms in total. The van der Waals surface area contributed by atoms with E-state index in [2.05, 4.69) is 14.4 Å². The number of thioether (sulfide) groups is 1. The number of hydrogen-bond donors (Lipinski definition) is 0. The Morgan fingerprint density at radius 1 is 0.816 bits per heavy atom. The van der Waals surface area contributed by atoms with Gasteiger partial charge in [0.1, 0.15) is 27.4 Å². The monoisotopic (exact) mass is 734 g/mol. The Hall–Kier alpha value is -4.64. The van der Waals surface area contributed by atoms with Crippen molar-refractivity contribution in [1.29, 1.82) is 0 Å². The molecule has 260 valence electrons. The van der Waals surface area contributed by atoms with Gasteiger partial charge in [0.05, 0.1) is 54.8 Å². The maximum atomic E-state index is 14.0. The fourth-order valence-electron chi connectivity index (χ4n) is 4.80. The van der Waals surface area contributed by atoms with Crippen molar-refractivity contribution in [2.75, 3.05) is 55.0 Å². The molecule has 0 unspecified atom stereocenters. The Balaban J connectivity index is 1.42. The number of hydrogen-bond acceptors (Lipinski definition) is 15. The van der Waals surface area contributed by atoms with E-state index >= 15 is 0 Å². The van der Waals surface area contributed by atoms with E-state index in [1.165, 1.54) is 65.5 Å². The van der Waals surface area contributed by atoms with Crippen molar-refractivity contribution in [3.05, 3.63) is 57.7 Å². The summed E-state index contributed by atoms with van der Waals surface area (Å²) in [4.78, 5) is 13.8. The smallest absolute Gasteiger partial charge is 0.297 e. The molecule has 2 aromatic heterocycles. The van der Waals surface area contributed by atoms with Gasteiger partial charge in [0.25, 0.3) is 15.3 Å². The molecule has 0 bridgehead atoms. The molecule has 0 radical (unpaired) electrons. The summed E-state index contributed by atoms with van der Waals surface area (Å²) in [6.45, 7) is 0.0880. The Bertz CT molecular complexity index is 2130. The van der Waals surface area contributed by atoms with Crippen molar-refractivity contribution in [2.45, 2.75) is 16.5 Å². The minimum atomic E-state index is -4.07. The second kappa shape index (κ2) is 15.3. The molecule has 0 fully saturated rings. The molecule has 0 saturated heterocycles. The predicted octanol–water partition coefficient (Wildman–Crippen LogP) is 6.10. The first-order chi connectivity index (χ1) is 23.6. The molecule has 0 atom stereocenters. The van der Waals surface area contributed by atoms with Crippen LogP contribution in [-0.2, 0) is 14.3 Å². The largest absolute Gasteiger partial charge is 0.496 e. The molecule has 2 heterocycles. The Morgan fingerprint density at radius 2 is 1.53 bits per heavy atom. The highest BCUT2D eigenvalue weighted by Gasteiger charge is 2.25. The third-order valence-electron chi connectivity index (χ3n) is 7.10. The number of aromatic nitrogens is 2. The summed E-state index contributed by atoms with van der Waals surface area (Å²) < 4.78 is 75.0. The van der Waals surface area contributed by atoms with Gasteiger partial charge in [-0.3, -0.25) is 8.98 Å². The number of fused-ring (bicyclic) bond motifs is 1. The molecule has 0 spiro atoms. The molecule has 0 aliphatic heterocycles. The van der Waals surface area contributed by atoms with Crippen LogP contribution in [0, 0.1) is 0 Å². The van der Waals surface area contributed by atoms with Gasteiger partial charge >= 0.3 is 0 Å². The first-order valence-electron chi connectivity index (χ1n) is 14.3. The van der Waals surface area contributed by atoms with Gasteiger partial charge in [-0.05, 0) is 36.8 Å². The maximum absolute atomic E-state index is 14.0. The fraction of sp³-hybridized carbons (Fsp3) is 0.281. The van der Waals surface area contributed by atoms with E-state index in [0.717, 1.165) is 7.11 Å². The van der Waals surface area contributed by atoms with E-state index in [0.29, 0.717) is 40.7 Å². The number of halogens is 1. The predicted molar refractivity (Wildman–Crippen MR) is 180 cm³/mol. The van der Waals surface area contributed by atoms with Crippen LogP contribution < -0.4 is 33.8 Å². The van der Waals surface area contributed by atoms with Crippen LogP contribution in [0.5, 0.6) is 34.5 Å². The zero-order chi connectivity index (χ0) is 35.3. The fourth-order valence-corrected chi connectivity index (χ4v) is 6.48. The Morgan fingerprint density at radius 3 is 2.16 bits per heavy atom. The molecule has 49 heavy (non-hydrogen) atoms. The van der Waals surface area contributed by atoms with Gasteiger partial charge in [-0.1, -0.05) is 23.4 Å². The number of ether oxygens (including phenoxy) is 6. The van der Waals surface area contributed by atoms with Crippen LogP contribution in [0.2, 0.25) is 5.02 Å². The SMILES string of the molecule is COc1cc(OC)c2c(=O)c(OCCCSc3nnc(-c4cc(Cl)ccc4S(=O)(=O)OC)o3)c(-c3cc(OC)c(OC)c(OC)c3)oc2c1. The Labute approximate surface area is 290 Å². The van der Waals surface area contributed by atoms with Crippen molar-refractivity contribution in [3.8, 4) is 57.3 Å². The van der Waals surface area contributed by atoms with Gasteiger partial charge in [-0.15, -0.1) is 10.2 Å². The van der Waals surface area contributed by atoms with E-state index in [1.54, 1.807) is 24.3 Å². The van der Waals surface area contributed by atoms with Gasteiger partial charge in [0.2, 0.25) is 22.8 Å². The first-order valence-corrected chi connectivity index (χ1v) is 17.1. The molecule has 0 amide bonds. The first kappa shape index (κ1) is 35.7. The van der Waals surface area contributed by atoms with Crippen LogP contribution in [0.4, 0.5) is 0 Å². The van der Waals surface area contributed by atoms with Crippen molar-refractivity contribution >= 4 is 44.5 Å². The normalized spacial score (nSPS) is 11.4. The van der Waals surface area contributed by atoms with Crippen molar-refractivity contribution in [1.82, 2.24) is 10.2 Å².